The molecule has 1 fully saturated rings. The van der Waals surface area contributed by atoms with Gasteiger partial charge in [-0.05, 0) is 47.3 Å². The Morgan fingerprint density at radius 3 is 2.80 bits per heavy atom. The summed E-state index contributed by atoms with van der Waals surface area (Å²) >= 11 is 3.52. The standard InChI is InChI=1S/C15H19BrN2O2/c1-8-6-10(8)13-4-5-14(20-13)12(19)7-11-15(16)9(2)17-18(11)3/h4-5,8,10,12,19H,6-7H2,1-3H3. The number of hydrogen-bond donors (Lipinski definition) is 1. The first-order valence-electron chi connectivity index (χ1n) is 6.93. The lowest BCUT2D eigenvalue weighted by atomic mass is 10.1. The minimum absolute atomic E-state index is 0.491. The van der Waals surface area contributed by atoms with E-state index in [1.165, 1.54) is 6.42 Å². The van der Waals surface area contributed by atoms with Gasteiger partial charge >= 0.3 is 0 Å². The fraction of sp³-hybridized carbons (Fsp3) is 0.533. The molecule has 2 aromatic heterocycles. The Bertz CT molecular complexity index is 632. The highest BCUT2D eigenvalue weighted by Gasteiger charge is 2.37. The number of aliphatic hydroxyl groups excluding tert-OH is 1. The lowest BCUT2D eigenvalue weighted by Crippen LogP contribution is -2.06. The molecule has 0 saturated heterocycles. The van der Waals surface area contributed by atoms with Crippen LogP contribution in [0.15, 0.2) is 21.0 Å². The van der Waals surface area contributed by atoms with Gasteiger partial charge in [-0.3, -0.25) is 4.68 Å². The summed E-state index contributed by atoms with van der Waals surface area (Å²) in [6.07, 6.45) is 1.05. The first-order chi connectivity index (χ1) is 9.47. The van der Waals surface area contributed by atoms with E-state index in [4.69, 9.17) is 4.42 Å². The number of aryl methyl sites for hydroxylation is 2. The normalized spacial score (nSPS) is 23.1. The van der Waals surface area contributed by atoms with Gasteiger partial charge in [0.05, 0.1) is 15.9 Å². The third-order valence-corrected chi connectivity index (χ3v) is 5.13. The van der Waals surface area contributed by atoms with Crippen LogP contribution in [0.25, 0.3) is 0 Å². The minimum atomic E-state index is -0.635. The summed E-state index contributed by atoms with van der Waals surface area (Å²) in [5.41, 5.74) is 1.91. The lowest BCUT2D eigenvalue weighted by molar-refractivity contribution is 0.145. The zero-order valence-electron chi connectivity index (χ0n) is 11.9. The van der Waals surface area contributed by atoms with Crippen LogP contribution in [-0.4, -0.2) is 14.9 Å². The fourth-order valence-electron chi connectivity index (χ4n) is 2.65. The van der Waals surface area contributed by atoms with Crippen molar-refractivity contribution >= 4 is 15.9 Å². The van der Waals surface area contributed by atoms with Crippen LogP contribution in [0.5, 0.6) is 0 Å². The molecule has 0 aromatic carbocycles. The summed E-state index contributed by atoms with van der Waals surface area (Å²) < 4.78 is 8.56. The zero-order chi connectivity index (χ0) is 14.4. The molecular weight excluding hydrogens is 320 g/mol. The molecule has 1 aliphatic rings. The predicted molar refractivity (Wildman–Crippen MR) is 79.5 cm³/mol. The van der Waals surface area contributed by atoms with Gasteiger partial charge in [-0.15, -0.1) is 0 Å². The molecule has 2 heterocycles. The summed E-state index contributed by atoms with van der Waals surface area (Å²) in [6, 6.07) is 3.89. The molecule has 1 saturated carbocycles. The van der Waals surface area contributed by atoms with E-state index in [1.54, 1.807) is 4.68 Å². The van der Waals surface area contributed by atoms with E-state index in [0.717, 1.165) is 21.6 Å². The summed E-state index contributed by atoms with van der Waals surface area (Å²) in [5.74, 6) is 2.90. The minimum Gasteiger partial charge on any atom is -0.463 e. The van der Waals surface area contributed by atoms with Crippen molar-refractivity contribution in [1.29, 1.82) is 0 Å². The summed E-state index contributed by atoms with van der Waals surface area (Å²) in [7, 11) is 1.89. The van der Waals surface area contributed by atoms with Gasteiger partial charge in [0.2, 0.25) is 0 Å². The van der Waals surface area contributed by atoms with Crippen molar-refractivity contribution in [2.45, 2.75) is 38.7 Å². The molecule has 20 heavy (non-hydrogen) atoms. The van der Waals surface area contributed by atoms with Crippen LogP contribution in [0.1, 0.15) is 48.3 Å². The highest BCUT2D eigenvalue weighted by Crippen LogP contribution is 2.47. The van der Waals surface area contributed by atoms with Crippen LogP contribution in [0.4, 0.5) is 0 Å². The number of aliphatic hydroxyl groups is 1. The van der Waals surface area contributed by atoms with E-state index in [0.29, 0.717) is 24.0 Å². The largest absolute Gasteiger partial charge is 0.463 e. The van der Waals surface area contributed by atoms with Gasteiger partial charge in [-0.25, -0.2) is 0 Å². The highest BCUT2D eigenvalue weighted by molar-refractivity contribution is 9.10. The second-order valence-corrected chi connectivity index (χ2v) is 6.54. The molecule has 0 radical (unpaired) electrons. The quantitative estimate of drug-likeness (QED) is 0.928. The van der Waals surface area contributed by atoms with Gasteiger partial charge in [0, 0.05) is 19.4 Å². The number of nitrogens with zero attached hydrogens (tertiary/aromatic N) is 2. The number of halogens is 1. The third-order valence-electron chi connectivity index (χ3n) is 4.10. The maximum absolute atomic E-state index is 10.4. The first kappa shape index (κ1) is 13.9. The van der Waals surface area contributed by atoms with Gasteiger partial charge in [-0.1, -0.05) is 6.92 Å². The molecule has 3 unspecified atom stereocenters. The van der Waals surface area contributed by atoms with E-state index >= 15 is 0 Å². The Hall–Kier alpha value is -1.07. The Balaban J connectivity index is 1.75. The molecule has 3 rings (SSSR count). The maximum atomic E-state index is 10.4. The highest BCUT2D eigenvalue weighted by atomic mass is 79.9. The number of furan rings is 1. The monoisotopic (exact) mass is 338 g/mol. The van der Waals surface area contributed by atoms with Crippen molar-refractivity contribution < 1.29 is 9.52 Å². The Morgan fingerprint density at radius 2 is 2.25 bits per heavy atom. The van der Waals surface area contributed by atoms with Crippen molar-refractivity contribution in [2.75, 3.05) is 0 Å². The van der Waals surface area contributed by atoms with Gasteiger partial charge < -0.3 is 9.52 Å². The second-order valence-electron chi connectivity index (χ2n) is 5.75. The summed E-state index contributed by atoms with van der Waals surface area (Å²) in [5, 5.41) is 14.7. The Kier molecular flexibility index (Phi) is 3.50. The Labute approximate surface area is 126 Å². The van der Waals surface area contributed by atoms with E-state index in [9.17, 15) is 5.11 Å². The molecule has 3 atom stereocenters. The molecule has 2 aromatic rings. The van der Waals surface area contributed by atoms with Crippen molar-refractivity contribution in [3.63, 3.8) is 0 Å². The number of aromatic nitrogens is 2. The third kappa shape index (κ3) is 2.44. The first-order valence-corrected chi connectivity index (χ1v) is 7.72. The van der Waals surface area contributed by atoms with Gasteiger partial charge in [0.25, 0.3) is 0 Å². The van der Waals surface area contributed by atoms with Crippen LogP contribution < -0.4 is 0 Å². The molecule has 0 aliphatic heterocycles. The molecule has 4 nitrogen and oxygen atoms in total. The van der Waals surface area contributed by atoms with Gasteiger partial charge in [0.1, 0.15) is 17.6 Å². The summed E-state index contributed by atoms with van der Waals surface area (Å²) in [4.78, 5) is 0. The van der Waals surface area contributed by atoms with Crippen molar-refractivity contribution in [3.05, 3.63) is 39.5 Å². The second kappa shape index (κ2) is 5.04. The van der Waals surface area contributed by atoms with Gasteiger partial charge in [0.15, 0.2) is 0 Å². The predicted octanol–water partition coefficient (Wildman–Crippen LogP) is 3.48. The molecule has 1 aliphatic carbocycles. The molecule has 5 heteroatoms. The van der Waals surface area contributed by atoms with E-state index in [1.807, 2.05) is 26.1 Å². The van der Waals surface area contributed by atoms with Crippen molar-refractivity contribution in [1.82, 2.24) is 9.78 Å². The SMILES string of the molecule is Cc1nn(C)c(CC(O)c2ccc(C3CC3C)o2)c1Br. The fourth-order valence-corrected chi connectivity index (χ4v) is 3.15. The summed E-state index contributed by atoms with van der Waals surface area (Å²) in [6.45, 7) is 4.16. The molecule has 108 valence electrons. The number of rotatable bonds is 4. The van der Waals surface area contributed by atoms with Crippen molar-refractivity contribution in [3.8, 4) is 0 Å². The maximum Gasteiger partial charge on any atom is 0.133 e. The molecule has 1 N–H and O–H groups in total. The molecule has 0 spiro atoms. The van der Waals surface area contributed by atoms with Crippen LogP contribution >= 0.6 is 15.9 Å². The van der Waals surface area contributed by atoms with Crippen LogP contribution in [0.3, 0.4) is 0 Å². The molecule has 0 amide bonds. The van der Waals surface area contributed by atoms with Crippen LogP contribution in [0.2, 0.25) is 0 Å². The smallest absolute Gasteiger partial charge is 0.133 e. The van der Waals surface area contributed by atoms with E-state index in [2.05, 4.69) is 28.0 Å². The average molecular weight is 339 g/mol. The number of hydrogen-bond acceptors (Lipinski definition) is 3. The van der Waals surface area contributed by atoms with E-state index in [-0.39, 0.29) is 0 Å². The van der Waals surface area contributed by atoms with Gasteiger partial charge in [-0.2, -0.15) is 5.10 Å². The van der Waals surface area contributed by atoms with Crippen LogP contribution in [0, 0.1) is 12.8 Å². The van der Waals surface area contributed by atoms with Crippen molar-refractivity contribution in [2.24, 2.45) is 13.0 Å². The Morgan fingerprint density at radius 1 is 1.55 bits per heavy atom. The molecular formula is C15H19BrN2O2. The van der Waals surface area contributed by atoms with E-state index < -0.39 is 6.10 Å². The zero-order valence-corrected chi connectivity index (χ0v) is 13.5. The average Bonchev–Trinajstić information content (AvgIpc) is 2.86. The topological polar surface area (TPSA) is 51.2 Å². The lowest BCUT2D eigenvalue weighted by Gasteiger charge is -2.09. The van der Waals surface area contributed by atoms with Crippen LogP contribution in [-0.2, 0) is 13.5 Å². The molecule has 0 bridgehead atoms.